The van der Waals surface area contributed by atoms with E-state index in [0.717, 1.165) is 11.1 Å². The van der Waals surface area contributed by atoms with Gasteiger partial charge in [0.1, 0.15) is 0 Å². The second-order valence-electron chi connectivity index (χ2n) is 5.32. The molecule has 3 heteroatoms. The molecule has 0 spiro atoms. The highest BCUT2D eigenvalue weighted by Crippen LogP contribution is 2.48. The van der Waals surface area contributed by atoms with Crippen LogP contribution in [0.25, 0.3) is 0 Å². The SMILES string of the molecule is Cc1ccccc1C1(C(C)(C)C(=O)O)COC1. The van der Waals surface area contributed by atoms with Crippen LogP contribution >= 0.6 is 0 Å². The number of aliphatic carboxylic acids is 1. The molecule has 2 rings (SSSR count). The smallest absolute Gasteiger partial charge is 0.310 e. The fourth-order valence-corrected chi connectivity index (χ4v) is 2.47. The fraction of sp³-hybridized carbons (Fsp3) is 0.500. The van der Waals surface area contributed by atoms with Crippen molar-refractivity contribution in [3.05, 3.63) is 35.4 Å². The average molecular weight is 234 g/mol. The van der Waals surface area contributed by atoms with Gasteiger partial charge in [-0.15, -0.1) is 0 Å². The number of ether oxygens (including phenoxy) is 1. The zero-order chi connectivity index (χ0) is 12.7. The van der Waals surface area contributed by atoms with Gasteiger partial charge in [-0.1, -0.05) is 24.3 Å². The summed E-state index contributed by atoms with van der Waals surface area (Å²) in [6.45, 7) is 6.55. The molecular formula is C14H18O3. The molecule has 1 aliphatic heterocycles. The molecule has 0 aliphatic carbocycles. The highest BCUT2D eigenvalue weighted by Gasteiger charge is 2.56. The third-order valence-corrected chi connectivity index (χ3v) is 4.09. The van der Waals surface area contributed by atoms with Crippen LogP contribution in [0.3, 0.4) is 0 Å². The molecule has 1 aromatic rings. The molecule has 1 heterocycles. The first-order chi connectivity index (χ1) is 7.92. The molecule has 0 radical (unpaired) electrons. The number of rotatable bonds is 3. The first-order valence-electron chi connectivity index (χ1n) is 5.79. The lowest BCUT2D eigenvalue weighted by Crippen LogP contribution is -2.60. The molecule has 92 valence electrons. The van der Waals surface area contributed by atoms with Crippen LogP contribution in [0, 0.1) is 12.3 Å². The zero-order valence-corrected chi connectivity index (χ0v) is 10.5. The summed E-state index contributed by atoms with van der Waals surface area (Å²) in [6, 6.07) is 7.97. The lowest BCUT2D eigenvalue weighted by atomic mass is 9.59. The summed E-state index contributed by atoms with van der Waals surface area (Å²) in [5.74, 6) is -0.774. The summed E-state index contributed by atoms with van der Waals surface area (Å²) in [7, 11) is 0. The van der Waals surface area contributed by atoms with Gasteiger partial charge in [-0.3, -0.25) is 4.79 Å². The standard InChI is InChI=1S/C14H18O3/c1-10-6-4-5-7-11(10)14(8-17-9-14)13(2,3)12(15)16/h4-7H,8-9H2,1-3H3,(H,15,16). The van der Waals surface area contributed by atoms with Crippen LogP contribution in [0.5, 0.6) is 0 Å². The molecule has 1 fully saturated rings. The van der Waals surface area contributed by atoms with Crippen LogP contribution in [0.15, 0.2) is 24.3 Å². The monoisotopic (exact) mass is 234 g/mol. The van der Waals surface area contributed by atoms with E-state index in [1.165, 1.54) is 0 Å². The largest absolute Gasteiger partial charge is 0.481 e. The normalized spacial score (nSPS) is 18.5. The molecule has 0 amide bonds. The van der Waals surface area contributed by atoms with Crippen molar-refractivity contribution in [2.75, 3.05) is 13.2 Å². The number of carboxylic acids is 1. The van der Waals surface area contributed by atoms with Gasteiger partial charge in [-0.25, -0.2) is 0 Å². The Bertz CT molecular complexity index is 445. The van der Waals surface area contributed by atoms with Crippen molar-refractivity contribution in [2.24, 2.45) is 5.41 Å². The summed E-state index contributed by atoms with van der Waals surface area (Å²) in [5, 5.41) is 9.44. The molecule has 3 nitrogen and oxygen atoms in total. The van der Waals surface area contributed by atoms with Gasteiger partial charge in [0, 0.05) is 0 Å². The molecule has 0 aromatic heterocycles. The Kier molecular flexibility index (Phi) is 2.74. The highest BCUT2D eigenvalue weighted by atomic mass is 16.5. The third kappa shape index (κ3) is 1.57. The number of hydrogen-bond acceptors (Lipinski definition) is 2. The first kappa shape index (κ1) is 12.1. The van der Waals surface area contributed by atoms with Crippen molar-refractivity contribution >= 4 is 5.97 Å². The Balaban J connectivity index is 2.53. The van der Waals surface area contributed by atoms with E-state index in [2.05, 4.69) is 0 Å². The fourth-order valence-electron chi connectivity index (χ4n) is 2.47. The Morgan fingerprint density at radius 3 is 2.35 bits per heavy atom. The summed E-state index contributed by atoms with van der Waals surface area (Å²) in [6.07, 6.45) is 0. The predicted molar refractivity (Wildman–Crippen MR) is 65.1 cm³/mol. The Morgan fingerprint density at radius 2 is 1.94 bits per heavy atom. The quantitative estimate of drug-likeness (QED) is 0.873. The van der Waals surface area contributed by atoms with Crippen LogP contribution in [-0.2, 0) is 14.9 Å². The Hall–Kier alpha value is -1.35. The van der Waals surface area contributed by atoms with E-state index in [1.807, 2.05) is 31.2 Å². The van der Waals surface area contributed by atoms with Crippen LogP contribution < -0.4 is 0 Å². The van der Waals surface area contributed by atoms with E-state index < -0.39 is 16.8 Å². The van der Waals surface area contributed by atoms with Gasteiger partial charge < -0.3 is 9.84 Å². The third-order valence-electron chi connectivity index (χ3n) is 4.09. The van der Waals surface area contributed by atoms with E-state index in [0.29, 0.717) is 13.2 Å². The van der Waals surface area contributed by atoms with Crippen molar-refractivity contribution in [1.29, 1.82) is 0 Å². The minimum absolute atomic E-state index is 0.399. The van der Waals surface area contributed by atoms with E-state index >= 15 is 0 Å². The lowest BCUT2D eigenvalue weighted by Gasteiger charge is -2.51. The van der Waals surface area contributed by atoms with Gasteiger partial charge >= 0.3 is 5.97 Å². The molecule has 0 atom stereocenters. The van der Waals surface area contributed by atoms with Gasteiger partial charge in [0.25, 0.3) is 0 Å². The second-order valence-corrected chi connectivity index (χ2v) is 5.32. The maximum absolute atomic E-state index is 11.5. The van der Waals surface area contributed by atoms with Crippen molar-refractivity contribution in [3.8, 4) is 0 Å². The number of aryl methyl sites for hydroxylation is 1. The van der Waals surface area contributed by atoms with E-state index in [4.69, 9.17) is 4.74 Å². The first-order valence-corrected chi connectivity index (χ1v) is 5.79. The van der Waals surface area contributed by atoms with Crippen molar-refractivity contribution < 1.29 is 14.6 Å². The minimum Gasteiger partial charge on any atom is -0.481 e. The number of hydrogen-bond donors (Lipinski definition) is 1. The summed E-state index contributed by atoms with van der Waals surface area (Å²) in [4.78, 5) is 11.5. The van der Waals surface area contributed by atoms with E-state index in [9.17, 15) is 9.90 Å². The van der Waals surface area contributed by atoms with Gasteiger partial charge in [0.05, 0.1) is 24.0 Å². The van der Waals surface area contributed by atoms with Gasteiger partial charge in [-0.2, -0.15) is 0 Å². The van der Waals surface area contributed by atoms with Crippen molar-refractivity contribution in [2.45, 2.75) is 26.2 Å². The van der Waals surface area contributed by atoms with E-state index in [-0.39, 0.29) is 0 Å². The molecule has 1 N–H and O–H groups in total. The molecule has 1 saturated heterocycles. The zero-order valence-electron chi connectivity index (χ0n) is 10.5. The summed E-state index contributed by atoms with van der Waals surface area (Å²) >= 11 is 0. The van der Waals surface area contributed by atoms with Gasteiger partial charge in [-0.05, 0) is 31.9 Å². The average Bonchev–Trinajstić information content (AvgIpc) is 2.18. The molecule has 0 saturated carbocycles. The predicted octanol–water partition coefficient (Wildman–Crippen LogP) is 2.37. The number of carbonyl (C=O) groups is 1. The molecule has 0 bridgehead atoms. The summed E-state index contributed by atoms with van der Waals surface area (Å²) in [5.41, 5.74) is 1.01. The van der Waals surface area contributed by atoms with E-state index in [1.54, 1.807) is 13.8 Å². The lowest BCUT2D eigenvalue weighted by molar-refractivity contribution is -0.171. The maximum atomic E-state index is 11.5. The van der Waals surface area contributed by atoms with Gasteiger partial charge in [0.2, 0.25) is 0 Å². The Labute approximate surface area is 101 Å². The molecular weight excluding hydrogens is 216 g/mol. The van der Waals surface area contributed by atoms with Crippen LogP contribution in [0.4, 0.5) is 0 Å². The minimum atomic E-state index is -0.822. The maximum Gasteiger partial charge on any atom is 0.310 e. The van der Waals surface area contributed by atoms with Gasteiger partial charge in [0.15, 0.2) is 0 Å². The van der Waals surface area contributed by atoms with Crippen LogP contribution in [-0.4, -0.2) is 24.3 Å². The topological polar surface area (TPSA) is 46.5 Å². The molecule has 17 heavy (non-hydrogen) atoms. The molecule has 1 aromatic carbocycles. The van der Waals surface area contributed by atoms with Crippen molar-refractivity contribution in [1.82, 2.24) is 0 Å². The Morgan fingerprint density at radius 1 is 1.35 bits per heavy atom. The molecule has 0 unspecified atom stereocenters. The van der Waals surface area contributed by atoms with Crippen LogP contribution in [0.1, 0.15) is 25.0 Å². The number of carboxylic acid groups (broad SMARTS) is 1. The highest BCUT2D eigenvalue weighted by molar-refractivity contribution is 5.77. The van der Waals surface area contributed by atoms with Crippen molar-refractivity contribution in [3.63, 3.8) is 0 Å². The molecule has 1 aliphatic rings. The number of benzene rings is 1. The van der Waals surface area contributed by atoms with Crippen LogP contribution in [0.2, 0.25) is 0 Å². The summed E-state index contributed by atoms with van der Waals surface area (Å²) < 4.78 is 5.32. The second kappa shape index (κ2) is 3.84.